The maximum absolute atomic E-state index is 12.5. The number of benzene rings is 1. The Kier molecular flexibility index (Phi) is 8.28. The summed E-state index contributed by atoms with van der Waals surface area (Å²) in [5.41, 5.74) is 0.196. The normalized spacial score (nSPS) is 13.6. The molecule has 7 heteroatoms. The van der Waals surface area contributed by atoms with Crippen LogP contribution >= 0.6 is 0 Å². The van der Waals surface area contributed by atoms with Crippen LogP contribution in [0.3, 0.4) is 0 Å². The zero-order valence-corrected chi connectivity index (χ0v) is 16.6. The van der Waals surface area contributed by atoms with Crippen molar-refractivity contribution in [3.63, 3.8) is 0 Å². The molecule has 27 heavy (non-hydrogen) atoms. The maximum Gasteiger partial charge on any atom is 0.409 e. The van der Waals surface area contributed by atoms with Gasteiger partial charge in [0.2, 0.25) is 5.91 Å². The van der Waals surface area contributed by atoms with E-state index in [0.717, 1.165) is 5.56 Å². The van der Waals surface area contributed by atoms with Crippen molar-refractivity contribution in [2.75, 3.05) is 0 Å². The number of carboxylic acids is 1. The minimum Gasteiger partial charge on any atom is -0.481 e. The number of hydrogen-bond acceptors (Lipinski definition) is 4. The van der Waals surface area contributed by atoms with E-state index in [2.05, 4.69) is 10.6 Å². The number of aliphatic carboxylic acids is 1. The minimum absolute atomic E-state index is 0.0447. The molecule has 1 rings (SSSR count). The fourth-order valence-corrected chi connectivity index (χ4v) is 2.50. The van der Waals surface area contributed by atoms with E-state index in [1.165, 1.54) is 0 Å². The summed E-state index contributed by atoms with van der Waals surface area (Å²) < 4.78 is 5.24. The highest BCUT2D eigenvalue weighted by Gasteiger charge is 2.29. The van der Waals surface area contributed by atoms with E-state index < -0.39 is 35.7 Å². The predicted molar refractivity (Wildman–Crippen MR) is 102 cm³/mol. The molecule has 1 aromatic rings. The van der Waals surface area contributed by atoms with Gasteiger partial charge in [0.05, 0.1) is 0 Å². The van der Waals surface area contributed by atoms with Crippen LogP contribution < -0.4 is 10.6 Å². The second-order valence-electron chi connectivity index (χ2n) is 7.92. The zero-order valence-electron chi connectivity index (χ0n) is 16.6. The van der Waals surface area contributed by atoms with Crippen LogP contribution in [0.4, 0.5) is 4.79 Å². The van der Waals surface area contributed by atoms with E-state index >= 15 is 0 Å². The van der Waals surface area contributed by atoms with Crippen molar-refractivity contribution in [1.29, 1.82) is 0 Å². The van der Waals surface area contributed by atoms with Gasteiger partial charge >= 0.3 is 12.1 Å². The number of amides is 2. The molecular weight excluding hydrogens is 348 g/mol. The molecule has 0 fully saturated rings. The van der Waals surface area contributed by atoms with Gasteiger partial charge in [0.15, 0.2) is 0 Å². The summed E-state index contributed by atoms with van der Waals surface area (Å²) in [6.07, 6.45) is -0.950. The molecule has 0 heterocycles. The third kappa shape index (κ3) is 9.08. The van der Waals surface area contributed by atoms with Gasteiger partial charge in [0.25, 0.3) is 0 Å². The number of nitrogens with one attached hydrogen (secondary N) is 2. The van der Waals surface area contributed by atoms with Crippen LogP contribution in [0.2, 0.25) is 0 Å². The van der Waals surface area contributed by atoms with Gasteiger partial charge in [0.1, 0.15) is 17.7 Å². The van der Waals surface area contributed by atoms with Crippen LogP contribution in [0, 0.1) is 11.8 Å². The summed E-state index contributed by atoms with van der Waals surface area (Å²) >= 11 is 0. The molecule has 0 aliphatic rings. The molecule has 2 atom stereocenters. The number of carbonyl (C=O) groups excluding carboxylic acids is 2. The van der Waals surface area contributed by atoms with Gasteiger partial charge in [-0.05, 0) is 38.7 Å². The first-order valence-electron chi connectivity index (χ1n) is 9.04. The molecule has 2 amide bonds. The Morgan fingerprint density at radius 2 is 1.67 bits per heavy atom. The van der Waals surface area contributed by atoms with Crippen molar-refractivity contribution in [1.82, 2.24) is 10.6 Å². The van der Waals surface area contributed by atoms with Gasteiger partial charge in [-0.1, -0.05) is 44.2 Å². The van der Waals surface area contributed by atoms with Crippen LogP contribution in [0.15, 0.2) is 30.3 Å². The van der Waals surface area contributed by atoms with Gasteiger partial charge < -0.3 is 20.5 Å². The topological polar surface area (TPSA) is 105 Å². The monoisotopic (exact) mass is 378 g/mol. The number of hydrogen-bond donors (Lipinski definition) is 3. The Bertz CT molecular complexity index is 638. The lowest BCUT2D eigenvalue weighted by Crippen LogP contribution is -2.52. The van der Waals surface area contributed by atoms with Gasteiger partial charge in [-0.25, -0.2) is 4.79 Å². The molecule has 150 valence electrons. The van der Waals surface area contributed by atoms with Crippen molar-refractivity contribution in [2.24, 2.45) is 11.8 Å². The van der Waals surface area contributed by atoms with E-state index in [9.17, 15) is 19.5 Å². The molecule has 0 aliphatic carbocycles. The number of rotatable bonds is 8. The smallest absolute Gasteiger partial charge is 0.409 e. The quantitative estimate of drug-likeness (QED) is 0.476. The van der Waals surface area contributed by atoms with Gasteiger partial charge in [-0.2, -0.15) is 0 Å². The average molecular weight is 378 g/mol. The largest absolute Gasteiger partial charge is 0.481 e. The number of alkyl carbamates (subject to hydrolysis) is 1. The van der Waals surface area contributed by atoms with E-state index in [1.807, 2.05) is 44.2 Å². The summed E-state index contributed by atoms with van der Waals surface area (Å²) in [4.78, 5) is 36.1. The van der Waals surface area contributed by atoms with Gasteiger partial charge in [-0.3, -0.25) is 9.59 Å². The molecule has 0 saturated carbocycles. The molecule has 0 aliphatic heterocycles. The van der Waals surface area contributed by atoms with Crippen molar-refractivity contribution in [3.05, 3.63) is 35.9 Å². The number of carbonyl (C=O) groups is 3. The summed E-state index contributed by atoms with van der Waals surface area (Å²) in [5, 5.41) is 14.6. The highest BCUT2D eigenvalue weighted by atomic mass is 16.6. The Balaban J connectivity index is 2.90. The first-order valence-corrected chi connectivity index (χ1v) is 9.04. The second-order valence-corrected chi connectivity index (χ2v) is 7.92. The number of ether oxygens (including phenoxy) is 1. The Labute approximate surface area is 160 Å². The maximum atomic E-state index is 12.5. The molecule has 0 radical (unpaired) electrons. The third-order valence-corrected chi connectivity index (χ3v) is 3.61. The SMILES string of the molecule is CC(C)C[C@@H](C(=O)O)C(=O)N[C@H](Cc1ccccc1)NC(=O)OC(C)(C)C. The fourth-order valence-electron chi connectivity index (χ4n) is 2.50. The zero-order chi connectivity index (χ0) is 20.6. The summed E-state index contributed by atoms with van der Waals surface area (Å²) in [7, 11) is 0. The van der Waals surface area contributed by atoms with Crippen LogP contribution in [0.1, 0.15) is 46.6 Å². The first-order chi connectivity index (χ1) is 12.5. The first kappa shape index (κ1) is 22.5. The fraction of sp³-hybridized carbons (Fsp3) is 0.550. The van der Waals surface area contributed by atoms with Crippen LogP contribution in [0.5, 0.6) is 0 Å². The molecule has 0 bridgehead atoms. The molecular formula is C20H30N2O5. The molecule has 0 unspecified atom stereocenters. The van der Waals surface area contributed by atoms with Gasteiger partial charge in [-0.15, -0.1) is 0 Å². The molecule has 7 nitrogen and oxygen atoms in total. The minimum atomic E-state index is -1.18. The number of carboxylic acid groups (broad SMARTS) is 1. The summed E-state index contributed by atoms with van der Waals surface area (Å²) in [6.45, 7) is 8.91. The Hall–Kier alpha value is -2.57. The lowest BCUT2D eigenvalue weighted by molar-refractivity contribution is -0.147. The highest BCUT2D eigenvalue weighted by molar-refractivity contribution is 5.97. The van der Waals surface area contributed by atoms with Crippen molar-refractivity contribution < 1.29 is 24.2 Å². The Morgan fingerprint density at radius 3 is 2.15 bits per heavy atom. The standard InChI is InChI=1S/C20H30N2O5/c1-13(2)11-15(18(24)25)17(23)21-16(12-14-9-7-6-8-10-14)22-19(26)27-20(3,4)5/h6-10,13,15-16H,11-12H2,1-5H3,(H,21,23)(H,22,26)(H,24,25)/t15-,16+/m1/s1. The van der Waals surface area contributed by atoms with Crippen molar-refractivity contribution in [2.45, 2.75) is 59.2 Å². The van der Waals surface area contributed by atoms with Crippen molar-refractivity contribution >= 4 is 18.0 Å². The van der Waals surface area contributed by atoms with Crippen molar-refractivity contribution in [3.8, 4) is 0 Å². The molecule has 3 N–H and O–H groups in total. The highest BCUT2D eigenvalue weighted by Crippen LogP contribution is 2.13. The van der Waals surface area contributed by atoms with E-state index in [4.69, 9.17) is 4.74 Å². The molecule has 1 aromatic carbocycles. The second kappa shape index (κ2) is 9.94. The van der Waals surface area contributed by atoms with Crippen LogP contribution in [-0.2, 0) is 20.7 Å². The van der Waals surface area contributed by atoms with E-state index in [1.54, 1.807) is 20.8 Å². The predicted octanol–water partition coefficient (Wildman–Crippen LogP) is 2.94. The Morgan fingerprint density at radius 1 is 1.07 bits per heavy atom. The molecule has 0 saturated heterocycles. The lowest BCUT2D eigenvalue weighted by Gasteiger charge is -2.25. The molecule has 0 aromatic heterocycles. The van der Waals surface area contributed by atoms with Crippen LogP contribution in [-0.4, -0.2) is 34.8 Å². The van der Waals surface area contributed by atoms with Crippen LogP contribution in [0.25, 0.3) is 0 Å². The summed E-state index contributed by atoms with van der Waals surface area (Å²) in [6, 6.07) is 9.28. The lowest BCUT2D eigenvalue weighted by atomic mass is 9.96. The average Bonchev–Trinajstić information content (AvgIpc) is 2.51. The van der Waals surface area contributed by atoms with E-state index in [-0.39, 0.29) is 12.3 Å². The van der Waals surface area contributed by atoms with Gasteiger partial charge in [0, 0.05) is 6.42 Å². The molecule has 0 spiro atoms. The third-order valence-electron chi connectivity index (χ3n) is 3.61. The van der Waals surface area contributed by atoms with E-state index in [0.29, 0.717) is 6.42 Å². The summed E-state index contributed by atoms with van der Waals surface area (Å²) in [5.74, 6) is -2.95.